The number of benzene rings is 2. The summed E-state index contributed by atoms with van der Waals surface area (Å²) in [7, 11) is 0. The van der Waals surface area contributed by atoms with Crippen LogP contribution < -0.4 is 10.3 Å². The van der Waals surface area contributed by atoms with E-state index in [1.165, 1.54) is 4.57 Å². The molecule has 0 amide bonds. The van der Waals surface area contributed by atoms with Gasteiger partial charge in [0.15, 0.2) is 0 Å². The molecule has 0 radical (unpaired) electrons. The number of nitrogens with zero attached hydrogens (tertiary/aromatic N) is 2. The quantitative estimate of drug-likeness (QED) is 0.604. The normalized spacial score (nSPS) is 10.4. The maximum atomic E-state index is 12.9. The van der Waals surface area contributed by atoms with E-state index in [9.17, 15) is 14.9 Å². The van der Waals surface area contributed by atoms with E-state index >= 15 is 0 Å². The molecule has 3 aromatic rings. The number of carbonyl (C=O) groups is 1. The molecule has 6 heteroatoms. The number of aromatic nitrogens is 1. The Bertz CT molecular complexity index is 1160. The van der Waals surface area contributed by atoms with Gasteiger partial charge >= 0.3 is 0 Å². The summed E-state index contributed by atoms with van der Waals surface area (Å²) >= 11 is 6.29. The molecular formula is C22H17ClN2O3. The number of pyridine rings is 1. The van der Waals surface area contributed by atoms with Gasteiger partial charge in [-0.05, 0) is 31.5 Å². The first-order valence-electron chi connectivity index (χ1n) is 8.55. The monoisotopic (exact) mass is 392 g/mol. The number of rotatable bonds is 5. The van der Waals surface area contributed by atoms with E-state index in [-0.39, 0.29) is 17.4 Å². The molecule has 0 N–H and O–H groups in total. The van der Waals surface area contributed by atoms with Gasteiger partial charge < -0.3 is 4.74 Å². The van der Waals surface area contributed by atoms with Crippen molar-refractivity contribution in [2.24, 2.45) is 0 Å². The van der Waals surface area contributed by atoms with E-state index in [1.807, 2.05) is 13.0 Å². The van der Waals surface area contributed by atoms with Crippen molar-refractivity contribution < 1.29 is 9.53 Å². The van der Waals surface area contributed by atoms with Crippen molar-refractivity contribution >= 4 is 17.9 Å². The highest BCUT2D eigenvalue weighted by molar-refractivity contribution is 6.31. The number of hydrogen-bond acceptors (Lipinski definition) is 4. The summed E-state index contributed by atoms with van der Waals surface area (Å²) < 4.78 is 7.20. The Balaban J connectivity index is 2.01. The van der Waals surface area contributed by atoms with E-state index in [4.69, 9.17) is 16.3 Å². The predicted molar refractivity (Wildman–Crippen MR) is 107 cm³/mol. The molecule has 0 aliphatic rings. The molecule has 0 spiro atoms. The average molecular weight is 393 g/mol. The number of aldehydes is 1. The predicted octanol–water partition coefficient (Wildman–Crippen LogP) is 4.37. The molecular weight excluding hydrogens is 376 g/mol. The molecule has 0 saturated carbocycles. The fraction of sp³-hybridized carbons (Fsp3) is 0.136. The first-order chi connectivity index (χ1) is 13.5. The van der Waals surface area contributed by atoms with Crippen LogP contribution in [0.15, 0.2) is 53.3 Å². The van der Waals surface area contributed by atoms with Gasteiger partial charge in [-0.2, -0.15) is 5.26 Å². The maximum absolute atomic E-state index is 12.9. The van der Waals surface area contributed by atoms with E-state index in [1.54, 1.807) is 49.4 Å². The summed E-state index contributed by atoms with van der Waals surface area (Å²) in [6.07, 6.45) is 0.731. The minimum absolute atomic E-state index is 0.0593. The Morgan fingerprint density at radius 2 is 1.93 bits per heavy atom. The van der Waals surface area contributed by atoms with Gasteiger partial charge in [-0.1, -0.05) is 41.9 Å². The summed E-state index contributed by atoms with van der Waals surface area (Å²) in [5.74, 6) is 0.248. The van der Waals surface area contributed by atoms with Crippen LogP contribution >= 0.6 is 11.6 Å². The van der Waals surface area contributed by atoms with Gasteiger partial charge in [0.05, 0.1) is 17.3 Å². The van der Waals surface area contributed by atoms with Crippen molar-refractivity contribution in [3.63, 3.8) is 0 Å². The van der Waals surface area contributed by atoms with Crippen molar-refractivity contribution in [3.8, 4) is 17.5 Å². The second kappa shape index (κ2) is 8.12. The molecule has 1 aromatic heterocycles. The molecule has 0 unspecified atom stereocenters. The standard InChI is InChI=1S/C22H17ClN2O3/c1-14-7-8-16(12-26)10-19(14)25-15(2)9-20(21(23)22(25)27)28-13-18-6-4-3-5-17(18)11-24/h3-10,12H,13H2,1-2H3. The van der Waals surface area contributed by atoms with Crippen molar-refractivity contribution in [2.75, 3.05) is 0 Å². The van der Waals surface area contributed by atoms with Crippen LogP contribution in [0.25, 0.3) is 5.69 Å². The number of carbonyl (C=O) groups excluding carboxylic acids is 1. The lowest BCUT2D eigenvalue weighted by molar-refractivity contribution is 0.112. The number of ether oxygens (including phenoxy) is 1. The smallest absolute Gasteiger partial charge is 0.277 e. The lowest BCUT2D eigenvalue weighted by Crippen LogP contribution is -2.22. The molecule has 0 saturated heterocycles. The lowest BCUT2D eigenvalue weighted by atomic mass is 10.1. The first kappa shape index (κ1) is 19.4. The Kier molecular flexibility index (Phi) is 5.62. The third-order valence-electron chi connectivity index (χ3n) is 4.43. The summed E-state index contributed by atoms with van der Waals surface area (Å²) in [4.78, 5) is 24.0. The van der Waals surface area contributed by atoms with Gasteiger partial charge in [-0.3, -0.25) is 14.2 Å². The highest BCUT2D eigenvalue weighted by Crippen LogP contribution is 2.26. The van der Waals surface area contributed by atoms with Gasteiger partial charge in [-0.15, -0.1) is 0 Å². The molecule has 0 atom stereocenters. The number of nitriles is 1. The molecule has 1 heterocycles. The Morgan fingerprint density at radius 1 is 1.18 bits per heavy atom. The molecule has 28 heavy (non-hydrogen) atoms. The minimum atomic E-state index is -0.434. The summed E-state index contributed by atoms with van der Waals surface area (Å²) in [5, 5.41) is 9.12. The van der Waals surface area contributed by atoms with E-state index in [0.29, 0.717) is 28.1 Å². The van der Waals surface area contributed by atoms with Crippen molar-refractivity contribution in [3.05, 3.63) is 91.9 Å². The van der Waals surface area contributed by atoms with Crippen LogP contribution in [0.5, 0.6) is 5.75 Å². The minimum Gasteiger partial charge on any atom is -0.487 e. The van der Waals surface area contributed by atoms with Crippen LogP contribution in [0.4, 0.5) is 0 Å². The summed E-state index contributed by atoms with van der Waals surface area (Å²) in [6, 6.07) is 16.0. The van der Waals surface area contributed by atoms with Crippen molar-refractivity contribution in [2.45, 2.75) is 20.5 Å². The second-order valence-electron chi connectivity index (χ2n) is 6.33. The lowest BCUT2D eigenvalue weighted by Gasteiger charge is -2.16. The molecule has 2 aromatic carbocycles. The zero-order valence-electron chi connectivity index (χ0n) is 15.4. The fourth-order valence-electron chi connectivity index (χ4n) is 2.94. The van der Waals surface area contributed by atoms with Gasteiger partial charge in [0.2, 0.25) is 0 Å². The van der Waals surface area contributed by atoms with E-state index in [2.05, 4.69) is 6.07 Å². The zero-order chi connectivity index (χ0) is 20.3. The topological polar surface area (TPSA) is 72.1 Å². The molecule has 0 fully saturated rings. The van der Waals surface area contributed by atoms with Crippen LogP contribution in [0.2, 0.25) is 5.02 Å². The molecule has 0 aliphatic heterocycles. The summed E-state index contributed by atoms with van der Waals surface area (Å²) in [5.41, 5.74) is 3.29. The van der Waals surface area contributed by atoms with E-state index < -0.39 is 5.56 Å². The Morgan fingerprint density at radius 3 is 2.64 bits per heavy atom. The van der Waals surface area contributed by atoms with Gasteiger partial charge in [0.1, 0.15) is 23.7 Å². The van der Waals surface area contributed by atoms with Crippen LogP contribution in [-0.4, -0.2) is 10.9 Å². The number of halogens is 1. The molecule has 0 aliphatic carbocycles. The maximum Gasteiger partial charge on any atom is 0.277 e. The van der Waals surface area contributed by atoms with Crippen LogP contribution in [0, 0.1) is 25.2 Å². The SMILES string of the molecule is Cc1ccc(C=O)cc1-n1c(C)cc(OCc2ccccc2C#N)c(Cl)c1=O. The molecule has 140 valence electrons. The molecule has 5 nitrogen and oxygen atoms in total. The third kappa shape index (κ3) is 3.68. The highest BCUT2D eigenvalue weighted by Gasteiger charge is 2.16. The highest BCUT2D eigenvalue weighted by atomic mass is 35.5. The van der Waals surface area contributed by atoms with Gasteiger partial charge in [-0.25, -0.2) is 0 Å². The number of hydrogen-bond donors (Lipinski definition) is 0. The summed E-state index contributed by atoms with van der Waals surface area (Å²) in [6.45, 7) is 3.74. The van der Waals surface area contributed by atoms with Crippen molar-refractivity contribution in [1.29, 1.82) is 5.26 Å². The molecule has 3 rings (SSSR count). The largest absolute Gasteiger partial charge is 0.487 e. The van der Waals surface area contributed by atoms with Crippen molar-refractivity contribution in [1.82, 2.24) is 4.57 Å². The Labute approximate surface area is 167 Å². The Hall–Kier alpha value is -3.36. The van der Waals surface area contributed by atoms with Crippen LogP contribution in [0.1, 0.15) is 32.7 Å². The van der Waals surface area contributed by atoms with Gasteiger partial charge in [0.25, 0.3) is 5.56 Å². The average Bonchev–Trinajstić information content (AvgIpc) is 2.71. The van der Waals surface area contributed by atoms with Crippen LogP contribution in [0.3, 0.4) is 0 Å². The molecule has 0 bridgehead atoms. The number of aryl methyl sites for hydroxylation is 2. The van der Waals surface area contributed by atoms with Crippen LogP contribution in [-0.2, 0) is 6.61 Å². The second-order valence-corrected chi connectivity index (χ2v) is 6.70. The van der Waals surface area contributed by atoms with Gasteiger partial charge in [0, 0.05) is 22.9 Å². The van der Waals surface area contributed by atoms with E-state index in [0.717, 1.165) is 11.8 Å². The zero-order valence-corrected chi connectivity index (χ0v) is 16.2. The third-order valence-corrected chi connectivity index (χ3v) is 4.78. The first-order valence-corrected chi connectivity index (χ1v) is 8.93. The fourth-order valence-corrected chi connectivity index (χ4v) is 3.13.